The van der Waals surface area contributed by atoms with E-state index in [1.807, 2.05) is 19.4 Å². The molecule has 0 saturated carbocycles. The Morgan fingerprint density at radius 2 is 2.12 bits per heavy atom. The lowest BCUT2D eigenvalue weighted by Gasteiger charge is -2.28. The van der Waals surface area contributed by atoms with E-state index in [0.717, 1.165) is 30.4 Å². The van der Waals surface area contributed by atoms with Gasteiger partial charge in [-0.3, -0.25) is 14.2 Å². The lowest BCUT2D eigenvalue weighted by molar-refractivity contribution is -0.117. The topological polar surface area (TPSA) is 64.7 Å². The molecule has 0 aromatic carbocycles. The molecular weight excluding hydrogens is 302 g/mol. The largest absolute Gasteiger partial charge is 0.346 e. The molecule has 128 valence electrons. The van der Waals surface area contributed by atoms with Gasteiger partial charge in [-0.25, -0.2) is 0 Å². The number of nitrogens with zero attached hydrogens (tertiary/aromatic N) is 4. The van der Waals surface area contributed by atoms with Crippen molar-refractivity contribution in [3.05, 3.63) is 41.5 Å². The molecular formula is C18H25N5O. The Kier molecular flexibility index (Phi) is 4.30. The maximum absolute atomic E-state index is 12.3. The molecule has 0 aliphatic heterocycles. The van der Waals surface area contributed by atoms with Gasteiger partial charge in [-0.05, 0) is 46.1 Å². The normalized spacial score (nSPS) is 17.9. The Morgan fingerprint density at radius 1 is 1.33 bits per heavy atom. The number of aromatic nitrogens is 4. The number of amides is 1. The standard InChI is InChI=1S/C18H25N5O/c1-18(2,3)23-16-7-5-6-15(14(16)11-20-23)21-17(24)9-8-13-10-19-22(4)12-13/h8-12,15H,5-7H2,1-4H3,(H,21,24). The fourth-order valence-electron chi connectivity index (χ4n) is 3.20. The van der Waals surface area contributed by atoms with Crippen molar-refractivity contribution in [3.63, 3.8) is 0 Å². The molecule has 0 radical (unpaired) electrons. The molecule has 0 spiro atoms. The Balaban J connectivity index is 1.72. The van der Waals surface area contributed by atoms with Crippen LogP contribution in [0.5, 0.6) is 0 Å². The summed E-state index contributed by atoms with van der Waals surface area (Å²) in [5.41, 5.74) is 3.27. The predicted octanol–water partition coefficient (Wildman–Crippen LogP) is 2.58. The van der Waals surface area contributed by atoms with Gasteiger partial charge in [0.05, 0.1) is 24.0 Å². The van der Waals surface area contributed by atoms with Gasteiger partial charge in [0, 0.05) is 36.1 Å². The van der Waals surface area contributed by atoms with Crippen molar-refractivity contribution in [1.82, 2.24) is 24.9 Å². The zero-order chi connectivity index (χ0) is 17.3. The second kappa shape index (κ2) is 6.26. The minimum Gasteiger partial charge on any atom is -0.346 e. The van der Waals surface area contributed by atoms with Crippen molar-refractivity contribution in [2.24, 2.45) is 7.05 Å². The van der Waals surface area contributed by atoms with Crippen LogP contribution in [0, 0.1) is 0 Å². The van der Waals surface area contributed by atoms with E-state index in [1.54, 1.807) is 23.0 Å². The molecule has 0 fully saturated rings. The molecule has 24 heavy (non-hydrogen) atoms. The van der Waals surface area contributed by atoms with E-state index in [4.69, 9.17) is 0 Å². The lowest BCUT2D eigenvalue weighted by Crippen LogP contribution is -2.31. The Hall–Kier alpha value is -2.37. The van der Waals surface area contributed by atoms with Crippen LogP contribution in [-0.4, -0.2) is 25.5 Å². The maximum atomic E-state index is 12.3. The second-order valence-electron chi connectivity index (χ2n) is 7.36. The van der Waals surface area contributed by atoms with Crippen LogP contribution >= 0.6 is 0 Å². The van der Waals surface area contributed by atoms with Crippen LogP contribution < -0.4 is 5.32 Å². The minimum atomic E-state index is -0.0831. The van der Waals surface area contributed by atoms with Gasteiger partial charge >= 0.3 is 0 Å². The number of hydrogen-bond acceptors (Lipinski definition) is 3. The average molecular weight is 327 g/mol. The number of fused-ring (bicyclic) bond motifs is 1. The summed E-state index contributed by atoms with van der Waals surface area (Å²) in [7, 11) is 1.86. The highest BCUT2D eigenvalue weighted by molar-refractivity contribution is 5.91. The average Bonchev–Trinajstić information content (AvgIpc) is 3.11. The molecule has 6 nitrogen and oxygen atoms in total. The van der Waals surface area contributed by atoms with Gasteiger partial charge in [0.1, 0.15) is 0 Å². The Bertz CT molecular complexity index is 763. The zero-order valence-electron chi connectivity index (χ0n) is 14.8. The molecule has 0 bridgehead atoms. The molecule has 1 amide bonds. The van der Waals surface area contributed by atoms with Gasteiger partial charge in [0.2, 0.25) is 5.91 Å². The molecule has 1 unspecified atom stereocenters. The molecule has 1 atom stereocenters. The van der Waals surface area contributed by atoms with Crippen LogP contribution in [0.1, 0.15) is 56.5 Å². The van der Waals surface area contributed by atoms with Crippen LogP contribution in [0.25, 0.3) is 6.08 Å². The number of hydrogen-bond donors (Lipinski definition) is 1. The number of carbonyl (C=O) groups is 1. The van der Waals surface area contributed by atoms with E-state index in [0.29, 0.717) is 0 Å². The summed E-state index contributed by atoms with van der Waals surface area (Å²) < 4.78 is 3.80. The van der Waals surface area contributed by atoms with Gasteiger partial charge < -0.3 is 5.32 Å². The smallest absolute Gasteiger partial charge is 0.244 e. The third kappa shape index (κ3) is 3.42. The SMILES string of the molecule is Cn1cc(C=CC(=O)NC2CCCc3c2cnn3C(C)(C)C)cn1. The molecule has 1 aliphatic rings. The van der Waals surface area contributed by atoms with E-state index in [-0.39, 0.29) is 17.5 Å². The Morgan fingerprint density at radius 3 is 2.79 bits per heavy atom. The molecule has 2 heterocycles. The third-order valence-corrected chi connectivity index (χ3v) is 4.29. The summed E-state index contributed by atoms with van der Waals surface area (Å²) in [4.78, 5) is 12.3. The molecule has 1 N–H and O–H groups in total. The zero-order valence-corrected chi connectivity index (χ0v) is 14.8. The highest BCUT2D eigenvalue weighted by atomic mass is 16.1. The fourth-order valence-corrected chi connectivity index (χ4v) is 3.20. The highest BCUT2D eigenvalue weighted by Gasteiger charge is 2.28. The van der Waals surface area contributed by atoms with E-state index in [1.165, 1.54) is 5.69 Å². The lowest BCUT2D eigenvalue weighted by atomic mass is 9.92. The predicted molar refractivity (Wildman–Crippen MR) is 93.3 cm³/mol. The van der Waals surface area contributed by atoms with E-state index >= 15 is 0 Å². The first-order valence-corrected chi connectivity index (χ1v) is 8.39. The summed E-state index contributed by atoms with van der Waals surface area (Å²) >= 11 is 0. The summed E-state index contributed by atoms with van der Waals surface area (Å²) in [5.74, 6) is -0.0831. The highest BCUT2D eigenvalue weighted by Crippen LogP contribution is 2.32. The first-order chi connectivity index (χ1) is 11.3. The van der Waals surface area contributed by atoms with E-state index < -0.39 is 0 Å². The number of rotatable bonds is 3. The molecule has 3 rings (SSSR count). The van der Waals surface area contributed by atoms with Crippen molar-refractivity contribution in [2.45, 2.75) is 51.6 Å². The molecule has 1 aliphatic carbocycles. The Labute approximate surface area is 142 Å². The third-order valence-electron chi connectivity index (χ3n) is 4.29. The summed E-state index contributed by atoms with van der Waals surface area (Å²) in [6.07, 6.45) is 11.9. The minimum absolute atomic E-state index is 0.0379. The van der Waals surface area contributed by atoms with Gasteiger partial charge in [0.15, 0.2) is 0 Å². The first kappa shape index (κ1) is 16.5. The molecule has 2 aromatic heterocycles. The van der Waals surface area contributed by atoms with Gasteiger partial charge in [-0.2, -0.15) is 10.2 Å². The van der Waals surface area contributed by atoms with Crippen LogP contribution in [-0.2, 0) is 23.8 Å². The van der Waals surface area contributed by atoms with Crippen LogP contribution in [0.2, 0.25) is 0 Å². The van der Waals surface area contributed by atoms with Gasteiger partial charge in [-0.15, -0.1) is 0 Å². The quantitative estimate of drug-likeness (QED) is 0.881. The second-order valence-corrected chi connectivity index (χ2v) is 7.36. The van der Waals surface area contributed by atoms with Crippen molar-refractivity contribution in [1.29, 1.82) is 0 Å². The fraction of sp³-hybridized carbons (Fsp3) is 0.500. The van der Waals surface area contributed by atoms with Crippen LogP contribution in [0.15, 0.2) is 24.7 Å². The van der Waals surface area contributed by atoms with Crippen LogP contribution in [0.4, 0.5) is 0 Å². The van der Waals surface area contributed by atoms with Gasteiger partial charge in [0.25, 0.3) is 0 Å². The molecule has 0 saturated heterocycles. The number of carbonyl (C=O) groups excluding carboxylic acids is 1. The molecule has 2 aromatic rings. The van der Waals surface area contributed by atoms with Crippen molar-refractivity contribution < 1.29 is 4.79 Å². The monoisotopic (exact) mass is 327 g/mol. The van der Waals surface area contributed by atoms with E-state index in [9.17, 15) is 4.79 Å². The molecule has 6 heteroatoms. The van der Waals surface area contributed by atoms with Crippen LogP contribution in [0.3, 0.4) is 0 Å². The van der Waals surface area contributed by atoms with Gasteiger partial charge in [-0.1, -0.05) is 0 Å². The number of nitrogens with one attached hydrogen (secondary N) is 1. The van der Waals surface area contributed by atoms with Crippen molar-refractivity contribution in [2.75, 3.05) is 0 Å². The summed E-state index contributed by atoms with van der Waals surface area (Å²) in [6, 6.07) is 0.0379. The van der Waals surface area contributed by atoms with Crippen molar-refractivity contribution in [3.8, 4) is 0 Å². The van der Waals surface area contributed by atoms with E-state index in [2.05, 4.69) is 41.0 Å². The van der Waals surface area contributed by atoms with Crippen molar-refractivity contribution >= 4 is 12.0 Å². The maximum Gasteiger partial charge on any atom is 0.244 e. The summed E-state index contributed by atoms with van der Waals surface area (Å²) in [6.45, 7) is 6.46. The number of aryl methyl sites for hydroxylation is 1. The summed E-state index contributed by atoms with van der Waals surface area (Å²) in [5, 5.41) is 11.8. The first-order valence-electron chi connectivity index (χ1n) is 8.39.